The summed E-state index contributed by atoms with van der Waals surface area (Å²) >= 11 is 12.3. The normalized spacial score (nSPS) is 23.4. The molecule has 2 heterocycles. The van der Waals surface area contributed by atoms with Crippen molar-refractivity contribution < 1.29 is 9.59 Å². The number of nitrogens with one attached hydrogen (secondary N) is 1. The number of piperidine rings is 1. The van der Waals surface area contributed by atoms with Crippen molar-refractivity contribution in [3.05, 3.63) is 33.8 Å². The average Bonchev–Trinajstić information content (AvgIpc) is 3.37. The van der Waals surface area contributed by atoms with Crippen molar-refractivity contribution in [2.45, 2.75) is 70.4 Å². The second kappa shape index (κ2) is 12.8. The van der Waals surface area contributed by atoms with Crippen molar-refractivity contribution in [2.75, 3.05) is 45.8 Å². The first-order valence-corrected chi connectivity index (χ1v) is 14.2. The molecule has 8 heteroatoms. The summed E-state index contributed by atoms with van der Waals surface area (Å²) in [6.07, 6.45) is 9.55. The first-order valence-electron chi connectivity index (χ1n) is 13.4. The molecule has 1 saturated carbocycles. The van der Waals surface area contributed by atoms with Crippen molar-refractivity contribution >= 4 is 35.0 Å². The topological polar surface area (TPSA) is 55.9 Å². The fraction of sp³-hybridized carbons (Fsp3) is 0.704. The Hall–Kier alpha value is -1.34. The predicted octanol–water partition coefficient (Wildman–Crippen LogP) is 4.69. The lowest BCUT2D eigenvalue weighted by molar-refractivity contribution is -0.129. The van der Waals surface area contributed by atoms with E-state index in [9.17, 15) is 9.59 Å². The lowest BCUT2D eigenvalue weighted by Crippen LogP contribution is -2.58. The first-order chi connectivity index (χ1) is 16.9. The Kier molecular flexibility index (Phi) is 9.74. The third kappa shape index (κ3) is 6.91. The van der Waals surface area contributed by atoms with Gasteiger partial charge in [0.15, 0.2) is 0 Å². The Morgan fingerprint density at radius 3 is 2.40 bits per heavy atom. The molecule has 1 aromatic rings. The van der Waals surface area contributed by atoms with Crippen molar-refractivity contribution in [1.82, 2.24) is 20.0 Å². The molecule has 0 unspecified atom stereocenters. The van der Waals surface area contributed by atoms with Gasteiger partial charge in [-0.05, 0) is 69.7 Å². The highest BCUT2D eigenvalue weighted by molar-refractivity contribution is 6.36. The van der Waals surface area contributed by atoms with Crippen LogP contribution in [-0.4, -0.2) is 84.4 Å². The van der Waals surface area contributed by atoms with Gasteiger partial charge in [0.2, 0.25) is 5.91 Å². The molecule has 2 amide bonds. The number of likely N-dealkylation sites (tertiary alicyclic amines) is 1. The molecule has 1 aliphatic carbocycles. The summed E-state index contributed by atoms with van der Waals surface area (Å²) in [7, 11) is 0. The van der Waals surface area contributed by atoms with Gasteiger partial charge in [-0.15, -0.1) is 0 Å². The summed E-state index contributed by atoms with van der Waals surface area (Å²) in [6.45, 7) is 7.90. The molecule has 0 spiro atoms. The van der Waals surface area contributed by atoms with Crippen molar-refractivity contribution in [2.24, 2.45) is 5.92 Å². The quantitative estimate of drug-likeness (QED) is 0.503. The molecule has 2 atom stereocenters. The van der Waals surface area contributed by atoms with Crippen molar-refractivity contribution in [1.29, 1.82) is 0 Å². The monoisotopic (exact) mass is 522 g/mol. The number of carbonyl (C=O) groups excluding carboxylic acids is 2. The van der Waals surface area contributed by atoms with Crippen LogP contribution in [-0.2, 0) is 4.79 Å². The molecule has 3 fully saturated rings. The van der Waals surface area contributed by atoms with E-state index >= 15 is 0 Å². The van der Waals surface area contributed by atoms with Gasteiger partial charge in [0, 0.05) is 50.3 Å². The predicted molar refractivity (Wildman–Crippen MR) is 142 cm³/mol. The minimum absolute atomic E-state index is 0.0693. The van der Waals surface area contributed by atoms with E-state index in [1.165, 1.54) is 38.6 Å². The molecule has 2 aliphatic heterocycles. The van der Waals surface area contributed by atoms with E-state index < -0.39 is 0 Å². The van der Waals surface area contributed by atoms with Gasteiger partial charge in [-0.2, -0.15) is 0 Å². The summed E-state index contributed by atoms with van der Waals surface area (Å²) in [5.41, 5.74) is 0.484. The summed E-state index contributed by atoms with van der Waals surface area (Å²) in [5.74, 6) is 0.509. The number of piperazine rings is 1. The number of rotatable bonds is 8. The molecule has 1 aromatic carbocycles. The zero-order chi connectivity index (χ0) is 24.8. The Bertz CT molecular complexity index is 869. The molecule has 35 heavy (non-hydrogen) atoms. The van der Waals surface area contributed by atoms with E-state index in [4.69, 9.17) is 23.2 Å². The van der Waals surface area contributed by atoms with Crippen LogP contribution in [0.4, 0.5) is 0 Å². The maximum Gasteiger partial charge on any atom is 0.255 e. The Morgan fingerprint density at radius 1 is 1.00 bits per heavy atom. The Morgan fingerprint density at radius 2 is 1.71 bits per heavy atom. The lowest BCUT2D eigenvalue weighted by Gasteiger charge is -2.41. The zero-order valence-electron chi connectivity index (χ0n) is 21.0. The van der Waals surface area contributed by atoms with Crippen LogP contribution in [0.5, 0.6) is 0 Å². The standard InChI is InChI=1S/C27H40Cl2N4O2/c1-20-7-4-5-13-31(20)14-6-12-30-26(34)25(21-8-2-3-9-21)32-15-17-33(18-16-32)27(35)23-11-10-22(28)19-24(23)29/h10-11,19-21,25H,2-9,12-18H2,1H3,(H,30,34)/t20-,25+/m0/s1. The van der Waals surface area contributed by atoms with Gasteiger partial charge < -0.3 is 15.1 Å². The van der Waals surface area contributed by atoms with Crippen LogP contribution in [0.1, 0.15) is 68.6 Å². The summed E-state index contributed by atoms with van der Waals surface area (Å²) in [5, 5.41) is 4.17. The van der Waals surface area contributed by atoms with Crippen molar-refractivity contribution in [3.63, 3.8) is 0 Å². The maximum atomic E-state index is 13.4. The molecule has 6 nitrogen and oxygen atoms in total. The second-order valence-electron chi connectivity index (χ2n) is 10.5. The summed E-state index contributed by atoms with van der Waals surface area (Å²) in [4.78, 5) is 33.1. The molecule has 0 radical (unpaired) electrons. The minimum atomic E-state index is -0.0946. The molecular formula is C27H40Cl2N4O2. The number of benzene rings is 1. The van der Waals surface area contributed by atoms with Crippen LogP contribution < -0.4 is 5.32 Å². The first kappa shape index (κ1) is 26.7. The fourth-order valence-electron chi connectivity index (χ4n) is 6.08. The van der Waals surface area contributed by atoms with E-state index in [1.807, 2.05) is 4.90 Å². The van der Waals surface area contributed by atoms with Gasteiger partial charge >= 0.3 is 0 Å². The smallest absolute Gasteiger partial charge is 0.255 e. The van der Waals surface area contributed by atoms with Gasteiger partial charge in [0.1, 0.15) is 0 Å². The van der Waals surface area contributed by atoms with Gasteiger partial charge in [-0.1, -0.05) is 42.5 Å². The molecule has 0 aromatic heterocycles. The van der Waals surface area contributed by atoms with Crippen LogP contribution in [0, 0.1) is 5.92 Å². The highest BCUT2D eigenvalue weighted by Gasteiger charge is 2.37. The Labute approximate surface area is 220 Å². The van der Waals surface area contributed by atoms with Gasteiger partial charge in [-0.3, -0.25) is 14.5 Å². The maximum absolute atomic E-state index is 13.4. The molecule has 2 saturated heterocycles. The van der Waals surface area contributed by atoms with E-state index in [-0.39, 0.29) is 17.9 Å². The summed E-state index contributed by atoms with van der Waals surface area (Å²) < 4.78 is 0. The number of hydrogen-bond donors (Lipinski definition) is 1. The van der Waals surface area contributed by atoms with E-state index in [1.54, 1.807) is 18.2 Å². The molecular weight excluding hydrogens is 483 g/mol. The van der Waals surface area contributed by atoms with Crippen LogP contribution in [0.2, 0.25) is 10.0 Å². The van der Waals surface area contributed by atoms with Crippen LogP contribution in [0.25, 0.3) is 0 Å². The van der Waals surface area contributed by atoms with Crippen LogP contribution >= 0.6 is 23.2 Å². The average molecular weight is 524 g/mol. The highest BCUT2D eigenvalue weighted by Crippen LogP contribution is 2.31. The number of hydrogen-bond acceptors (Lipinski definition) is 4. The second-order valence-corrected chi connectivity index (χ2v) is 11.3. The third-order valence-corrected chi connectivity index (χ3v) is 8.68. The molecule has 0 bridgehead atoms. The molecule has 194 valence electrons. The highest BCUT2D eigenvalue weighted by atomic mass is 35.5. The van der Waals surface area contributed by atoms with E-state index in [2.05, 4.69) is 22.0 Å². The van der Waals surface area contributed by atoms with Gasteiger partial charge in [0.05, 0.1) is 16.6 Å². The fourth-order valence-corrected chi connectivity index (χ4v) is 6.57. The number of nitrogens with zero attached hydrogens (tertiary/aromatic N) is 3. The minimum Gasteiger partial charge on any atom is -0.355 e. The largest absolute Gasteiger partial charge is 0.355 e. The lowest BCUT2D eigenvalue weighted by atomic mass is 9.95. The van der Waals surface area contributed by atoms with E-state index in [0.29, 0.717) is 53.7 Å². The third-order valence-electron chi connectivity index (χ3n) is 8.13. The number of amides is 2. The Balaban J connectivity index is 1.30. The number of halogens is 2. The van der Waals surface area contributed by atoms with Gasteiger partial charge in [-0.25, -0.2) is 0 Å². The number of carbonyl (C=O) groups is 2. The molecule has 1 N–H and O–H groups in total. The molecule has 4 rings (SSSR count). The van der Waals surface area contributed by atoms with Gasteiger partial charge in [0.25, 0.3) is 5.91 Å². The van der Waals surface area contributed by atoms with E-state index in [0.717, 1.165) is 32.4 Å². The van der Waals surface area contributed by atoms with Crippen molar-refractivity contribution in [3.8, 4) is 0 Å². The molecule has 3 aliphatic rings. The SMILES string of the molecule is C[C@H]1CCCCN1CCCNC(=O)[C@@H](C1CCCC1)N1CCN(C(=O)c2ccc(Cl)cc2Cl)CC1. The summed E-state index contributed by atoms with van der Waals surface area (Å²) in [6, 6.07) is 5.57. The zero-order valence-corrected chi connectivity index (χ0v) is 22.5. The van der Waals surface area contributed by atoms with Crippen LogP contribution in [0.3, 0.4) is 0 Å². The van der Waals surface area contributed by atoms with Crippen LogP contribution in [0.15, 0.2) is 18.2 Å².